The van der Waals surface area contributed by atoms with Crippen LogP contribution in [0.4, 0.5) is 0 Å². The van der Waals surface area contributed by atoms with Crippen LogP contribution >= 0.6 is 0 Å². The molecule has 1 aromatic carbocycles. The Hall–Kier alpha value is -1.44. The van der Waals surface area contributed by atoms with Crippen LogP contribution in [-0.2, 0) is 14.8 Å². The maximum Gasteiger partial charge on any atom is 0.254 e. The number of nitrogens with one attached hydrogen (secondary N) is 1. The molecule has 1 N–H and O–H groups in total. The van der Waals surface area contributed by atoms with E-state index in [1.54, 1.807) is 30.9 Å². The van der Waals surface area contributed by atoms with E-state index in [-0.39, 0.29) is 16.8 Å². The minimum Gasteiger partial charge on any atom is -0.378 e. The number of hydrogen-bond acceptors (Lipinski definition) is 4. The minimum absolute atomic E-state index is 0.107. The maximum atomic E-state index is 12.4. The molecule has 1 fully saturated rings. The first-order valence-electron chi connectivity index (χ1n) is 6.89. The second-order valence-electron chi connectivity index (χ2n) is 5.21. The van der Waals surface area contributed by atoms with Gasteiger partial charge in [-0.2, -0.15) is 0 Å². The van der Waals surface area contributed by atoms with Crippen LogP contribution in [0.25, 0.3) is 0 Å². The standard InChI is InChI=1S/C14H20N2O4S/c1-11(2)15-21(18,19)13-5-3-4-12(10-13)14(17)16-6-8-20-9-7-16/h3-5,10-11,15H,6-9H2,1-2H3. The molecule has 1 amide bonds. The van der Waals surface area contributed by atoms with Crippen molar-refractivity contribution in [1.29, 1.82) is 0 Å². The molecule has 0 aliphatic carbocycles. The summed E-state index contributed by atoms with van der Waals surface area (Å²) in [5.41, 5.74) is 0.378. The second kappa shape index (κ2) is 6.55. The number of morpholine rings is 1. The summed E-state index contributed by atoms with van der Waals surface area (Å²) in [7, 11) is -3.59. The fraction of sp³-hybridized carbons (Fsp3) is 0.500. The quantitative estimate of drug-likeness (QED) is 0.894. The molecule has 6 nitrogen and oxygen atoms in total. The summed E-state index contributed by atoms with van der Waals surface area (Å²) in [6.45, 7) is 5.58. The zero-order valence-electron chi connectivity index (χ0n) is 12.2. The topological polar surface area (TPSA) is 75.7 Å². The normalized spacial score (nSPS) is 16.2. The second-order valence-corrected chi connectivity index (χ2v) is 6.92. The van der Waals surface area contributed by atoms with E-state index >= 15 is 0 Å². The SMILES string of the molecule is CC(C)NS(=O)(=O)c1cccc(C(=O)N2CCOCC2)c1. The highest BCUT2D eigenvalue weighted by molar-refractivity contribution is 7.89. The summed E-state index contributed by atoms with van der Waals surface area (Å²) in [4.78, 5) is 14.1. The Labute approximate surface area is 125 Å². The van der Waals surface area contributed by atoms with Crippen molar-refractivity contribution in [3.63, 3.8) is 0 Å². The molecule has 0 aromatic heterocycles. The van der Waals surface area contributed by atoms with Gasteiger partial charge in [-0.25, -0.2) is 13.1 Å². The van der Waals surface area contributed by atoms with Crippen LogP contribution in [-0.4, -0.2) is 51.6 Å². The lowest BCUT2D eigenvalue weighted by atomic mass is 10.2. The van der Waals surface area contributed by atoms with Crippen LogP contribution in [0, 0.1) is 0 Å². The van der Waals surface area contributed by atoms with Gasteiger partial charge < -0.3 is 9.64 Å². The van der Waals surface area contributed by atoms with Gasteiger partial charge in [0.15, 0.2) is 0 Å². The fourth-order valence-corrected chi connectivity index (χ4v) is 3.42. The highest BCUT2D eigenvalue weighted by atomic mass is 32.2. The van der Waals surface area contributed by atoms with Crippen molar-refractivity contribution in [3.8, 4) is 0 Å². The van der Waals surface area contributed by atoms with Gasteiger partial charge in [-0.15, -0.1) is 0 Å². The van der Waals surface area contributed by atoms with Crippen LogP contribution in [0.1, 0.15) is 24.2 Å². The molecule has 116 valence electrons. The average Bonchev–Trinajstić information content (AvgIpc) is 2.46. The molecule has 1 heterocycles. The molecule has 1 aliphatic rings. The van der Waals surface area contributed by atoms with Gasteiger partial charge in [0.2, 0.25) is 10.0 Å². The number of ether oxygens (including phenoxy) is 1. The molecule has 7 heteroatoms. The Kier molecular flexibility index (Phi) is 4.97. The highest BCUT2D eigenvalue weighted by Crippen LogP contribution is 2.14. The fourth-order valence-electron chi connectivity index (χ4n) is 2.12. The zero-order chi connectivity index (χ0) is 15.5. The van der Waals surface area contributed by atoms with Gasteiger partial charge in [0.25, 0.3) is 5.91 Å². The highest BCUT2D eigenvalue weighted by Gasteiger charge is 2.21. The Morgan fingerprint density at radius 2 is 1.95 bits per heavy atom. The molecular weight excluding hydrogens is 292 g/mol. The number of sulfonamides is 1. The molecule has 0 radical (unpaired) electrons. The Morgan fingerprint density at radius 3 is 2.57 bits per heavy atom. The van der Waals surface area contributed by atoms with E-state index < -0.39 is 10.0 Å². The molecule has 0 unspecified atom stereocenters. The summed E-state index contributed by atoms with van der Waals surface area (Å²) in [5.74, 6) is -0.167. The van der Waals surface area contributed by atoms with Crippen molar-refractivity contribution in [2.45, 2.75) is 24.8 Å². The van der Waals surface area contributed by atoms with Gasteiger partial charge in [-0.05, 0) is 32.0 Å². The number of rotatable bonds is 4. The van der Waals surface area contributed by atoms with E-state index in [2.05, 4.69) is 4.72 Å². The summed E-state index contributed by atoms with van der Waals surface area (Å²) >= 11 is 0. The summed E-state index contributed by atoms with van der Waals surface area (Å²) < 4.78 is 32.0. The first kappa shape index (κ1) is 15.9. The first-order chi connectivity index (χ1) is 9.90. The van der Waals surface area contributed by atoms with Crippen LogP contribution in [0.5, 0.6) is 0 Å². The molecule has 0 spiro atoms. The number of carbonyl (C=O) groups excluding carboxylic acids is 1. The third-order valence-corrected chi connectivity index (χ3v) is 4.74. The lowest BCUT2D eigenvalue weighted by Gasteiger charge is -2.27. The summed E-state index contributed by atoms with van der Waals surface area (Å²) in [6, 6.07) is 5.92. The Bertz CT molecular complexity index is 607. The molecule has 0 atom stereocenters. The Balaban J connectivity index is 2.23. The van der Waals surface area contributed by atoms with Crippen molar-refractivity contribution in [1.82, 2.24) is 9.62 Å². The minimum atomic E-state index is -3.59. The van der Waals surface area contributed by atoms with Crippen molar-refractivity contribution in [2.75, 3.05) is 26.3 Å². The summed E-state index contributed by atoms with van der Waals surface area (Å²) in [6.07, 6.45) is 0. The molecule has 1 aromatic rings. The van der Waals surface area contributed by atoms with Crippen molar-refractivity contribution < 1.29 is 17.9 Å². The van der Waals surface area contributed by atoms with Gasteiger partial charge in [0, 0.05) is 24.7 Å². The van der Waals surface area contributed by atoms with Crippen LogP contribution in [0.2, 0.25) is 0 Å². The molecule has 0 bridgehead atoms. The van der Waals surface area contributed by atoms with E-state index in [9.17, 15) is 13.2 Å². The lowest BCUT2D eigenvalue weighted by molar-refractivity contribution is 0.0302. The van der Waals surface area contributed by atoms with Crippen LogP contribution in [0.15, 0.2) is 29.2 Å². The first-order valence-corrected chi connectivity index (χ1v) is 8.38. The number of benzene rings is 1. The average molecular weight is 312 g/mol. The van der Waals surface area contributed by atoms with E-state index in [1.165, 1.54) is 12.1 Å². The number of hydrogen-bond donors (Lipinski definition) is 1. The van der Waals surface area contributed by atoms with Crippen molar-refractivity contribution in [3.05, 3.63) is 29.8 Å². The number of carbonyl (C=O) groups is 1. The third kappa shape index (κ3) is 4.03. The third-order valence-electron chi connectivity index (χ3n) is 3.08. The maximum absolute atomic E-state index is 12.4. The van der Waals surface area contributed by atoms with E-state index in [0.29, 0.717) is 31.9 Å². The van der Waals surface area contributed by atoms with Crippen LogP contribution < -0.4 is 4.72 Å². The lowest BCUT2D eigenvalue weighted by Crippen LogP contribution is -2.40. The van der Waals surface area contributed by atoms with Gasteiger partial charge in [0.05, 0.1) is 18.1 Å². The molecule has 21 heavy (non-hydrogen) atoms. The molecule has 1 aliphatic heterocycles. The van der Waals surface area contributed by atoms with Crippen molar-refractivity contribution >= 4 is 15.9 Å². The van der Waals surface area contributed by atoms with E-state index in [1.807, 2.05) is 0 Å². The van der Waals surface area contributed by atoms with Gasteiger partial charge in [0.1, 0.15) is 0 Å². The Morgan fingerprint density at radius 1 is 1.29 bits per heavy atom. The largest absolute Gasteiger partial charge is 0.378 e. The summed E-state index contributed by atoms with van der Waals surface area (Å²) in [5, 5.41) is 0. The number of nitrogens with zero attached hydrogens (tertiary/aromatic N) is 1. The zero-order valence-corrected chi connectivity index (χ0v) is 13.0. The van der Waals surface area contributed by atoms with Crippen LogP contribution in [0.3, 0.4) is 0 Å². The van der Waals surface area contributed by atoms with E-state index in [0.717, 1.165) is 0 Å². The monoisotopic (exact) mass is 312 g/mol. The number of amides is 1. The van der Waals surface area contributed by atoms with E-state index in [4.69, 9.17) is 4.74 Å². The molecule has 0 saturated carbocycles. The van der Waals surface area contributed by atoms with Gasteiger partial charge >= 0.3 is 0 Å². The smallest absolute Gasteiger partial charge is 0.254 e. The predicted molar refractivity (Wildman–Crippen MR) is 78.6 cm³/mol. The van der Waals surface area contributed by atoms with Gasteiger partial charge in [-0.3, -0.25) is 4.79 Å². The van der Waals surface area contributed by atoms with Gasteiger partial charge in [-0.1, -0.05) is 6.07 Å². The molecule has 2 rings (SSSR count). The molecule has 1 saturated heterocycles. The molecular formula is C14H20N2O4S. The van der Waals surface area contributed by atoms with Crippen molar-refractivity contribution in [2.24, 2.45) is 0 Å². The predicted octanol–water partition coefficient (Wildman–Crippen LogP) is 0.846.